The summed E-state index contributed by atoms with van der Waals surface area (Å²) in [4.78, 5) is 12.8. The molecule has 0 heterocycles. The van der Waals surface area contributed by atoms with E-state index in [0.717, 1.165) is 51.7 Å². The van der Waals surface area contributed by atoms with Gasteiger partial charge in [0.25, 0.3) is 0 Å². The number of rotatable bonds is 6. The first-order chi connectivity index (χ1) is 10.8. The van der Waals surface area contributed by atoms with Crippen LogP contribution in [0.15, 0.2) is 54.6 Å². The number of halogens is 1. The molecule has 0 spiro atoms. The van der Waals surface area contributed by atoms with Crippen molar-refractivity contribution in [2.45, 2.75) is 25.7 Å². The van der Waals surface area contributed by atoms with Gasteiger partial charge in [0.2, 0.25) is 0 Å². The highest BCUT2D eigenvalue weighted by Gasteiger charge is 2.14. The topological polar surface area (TPSA) is 17.1 Å². The summed E-state index contributed by atoms with van der Waals surface area (Å²) in [5.74, 6) is 0.266. The SMILES string of the molecule is O=C(CCCCCBr)c1c2ccccc2cc2ccccc12. The quantitative estimate of drug-likeness (QED) is 0.225. The fourth-order valence-electron chi connectivity index (χ4n) is 3.00. The van der Waals surface area contributed by atoms with E-state index in [1.165, 1.54) is 0 Å². The first-order valence-corrected chi connectivity index (χ1v) is 8.93. The summed E-state index contributed by atoms with van der Waals surface area (Å²) in [6.45, 7) is 0. The van der Waals surface area contributed by atoms with Crippen LogP contribution in [0.25, 0.3) is 21.5 Å². The van der Waals surface area contributed by atoms with Crippen LogP contribution >= 0.6 is 15.9 Å². The minimum absolute atomic E-state index is 0.266. The zero-order valence-corrected chi connectivity index (χ0v) is 14.1. The van der Waals surface area contributed by atoms with Crippen LogP contribution in [-0.4, -0.2) is 11.1 Å². The fourth-order valence-corrected chi connectivity index (χ4v) is 3.39. The molecule has 3 aromatic rings. The number of unbranched alkanes of at least 4 members (excludes halogenated alkanes) is 2. The lowest BCUT2D eigenvalue weighted by Crippen LogP contribution is -2.01. The van der Waals surface area contributed by atoms with Crippen LogP contribution < -0.4 is 0 Å². The van der Waals surface area contributed by atoms with E-state index >= 15 is 0 Å². The molecule has 0 saturated heterocycles. The third-order valence-electron chi connectivity index (χ3n) is 4.09. The predicted molar refractivity (Wildman–Crippen MR) is 98.0 cm³/mol. The number of hydrogen-bond donors (Lipinski definition) is 0. The van der Waals surface area contributed by atoms with E-state index in [1.807, 2.05) is 24.3 Å². The lowest BCUT2D eigenvalue weighted by Gasteiger charge is -2.10. The van der Waals surface area contributed by atoms with Crippen molar-refractivity contribution in [3.63, 3.8) is 0 Å². The Morgan fingerprint density at radius 3 is 2.00 bits per heavy atom. The molecule has 22 heavy (non-hydrogen) atoms. The Morgan fingerprint density at radius 2 is 1.41 bits per heavy atom. The maximum atomic E-state index is 12.8. The van der Waals surface area contributed by atoms with E-state index in [9.17, 15) is 4.79 Å². The standard InChI is InChI=1S/C20H19BrO/c21-13-7-1-2-12-19(22)20-17-10-5-3-8-15(17)14-16-9-4-6-11-18(16)20/h3-6,8-11,14H,1-2,7,12-13H2. The minimum Gasteiger partial charge on any atom is -0.294 e. The predicted octanol–water partition coefficient (Wildman–Crippen LogP) is 6.13. The Labute approximate surface area is 139 Å². The Bertz CT molecular complexity index is 753. The average Bonchev–Trinajstić information content (AvgIpc) is 2.56. The molecule has 0 aromatic heterocycles. The van der Waals surface area contributed by atoms with Gasteiger partial charge in [0.15, 0.2) is 5.78 Å². The highest BCUT2D eigenvalue weighted by Crippen LogP contribution is 2.29. The van der Waals surface area contributed by atoms with Crippen LogP contribution in [0.4, 0.5) is 0 Å². The van der Waals surface area contributed by atoms with Crippen molar-refractivity contribution in [3.8, 4) is 0 Å². The first kappa shape index (κ1) is 15.2. The lowest BCUT2D eigenvalue weighted by molar-refractivity contribution is 0.0982. The number of hydrogen-bond acceptors (Lipinski definition) is 1. The molecule has 0 bridgehead atoms. The van der Waals surface area contributed by atoms with E-state index in [0.29, 0.717) is 6.42 Å². The van der Waals surface area contributed by atoms with Crippen molar-refractivity contribution in [1.82, 2.24) is 0 Å². The van der Waals surface area contributed by atoms with Gasteiger partial charge in [-0.25, -0.2) is 0 Å². The van der Waals surface area contributed by atoms with Crippen molar-refractivity contribution in [3.05, 3.63) is 60.2 Å². The molecule has 0 amide bonds. The van der Waals surface area contributed by atoms with Gasteiger partial charge in [-0.05, 0) is 40.5 Å². The normalized spacial score (nSPS) is 11.1. The van der Waals surface area contributed by atoms with Crippen molar-refractivity contribution in [2.24, 2.45) is 0 Å². The monoisotopic (exact) mass is 354 g/mol. The summed E-state index contributed by atoms with van der Waals surface area (Å²) in [6.07, 6.45) is 3.82. The number of benzene rings is 3. The van der Waals surface area contributed by atoms with E-state index in [-0.39, 0.29) is 5.78 Å². The van der Waals surface area contributed by atoms with Crippen LogP contribution in [-0.2, 0) is 0 Å². The molecule has 0 aliphatic heterocycles. The van der Waals surface area contributed by atoms with Crippen LogP contribution in [0.3, 0.4) is 0 Å². The molecule has 1 nitrogen and oxygen atoms in total. The van der Waals surface area contributed by atoms with Gasteiger partial charge < -0.3 is 0 Å². The number of carbonyl (C=O) groups is 1. The molecule has 0 atom stereocenters. The molecule has 3 aromatic carbocycles. The van der Waals surface area contributed by atoms with Gasteiger partial charge >= 0.3 is 0 Å². The Balaban J connectivity index is 2.06. The third kappa shape index (κ3) is 3.07. The average molecular weight is 355 g/mol. The molecular weight excluding hydrogens is 336 g/mol. The molecule has 112 valence electrons. The van der Waals surface area contributed by atoms with Gasteiger partial charge in [-0.15, -0.1) is 0 Å². The number of Topliss-reactive ketones (excluding diaryl/α,β-unsaturated/α-hetero) is 1. The van der Waals surface area contributed by atoms with Crippen LogP contribution in [0, 0.1) is 0 Å². The Hall–Kier alpha value is -1.67. The second-order valence-electron chi connectivity index (χ2n) is 5.62. The van der Waals surface area contributed by atoms with Crippen molar-refractivity contribution >= 4 is 43.3 Å². The maximum Gasteiger partial charge on any atom is 0.164 e. The second kappa shape index (κ2) is 7.06. The lowest BCUT2D eigenvalue weighted by atomic mass is 9.92. The third-order valence-corrected chi connectivity index (χ3v) is 4.65. The fraction of sp³-hybridized carbons (Fsp3) is 0.250. The number of fused-ring (bicyclic) bond motifs is 2. The number of alkyl halides is 1. The molecule has 2 heteroatoms. The Kier molecular flexibility index (Phi) is 4.89. The zero-order chi connectivity index (χ0) is 15.4. The molecule has 0 unspecified atom stereocenters. The number of ketones is 1. The molecule has 0 aliphatic carbocycles. The van der Waals surface area contributed by atoms with Gasteiger partial charge in [-0.3, -0.25) is 4.79 Å². The molecule has 3 rings (SSSR count). The van der Waals surface area contributed by atoms with E-state index in [2.05, 4.69) is 46.3 Å². The van der Waals surface area contributed by atoms with E-state index in [1.54, 1.807) is 0 Å². The smallest absolute Gasteiger partial charge is 0.164 e. The van der Waals surface area contributed by atoms with E-state index < -0.39 is 0 Å². The molecular formula is C20H19BrO. The summed E-state index contributed by atoms with van der Waals surface area (Å²) in [5, 5.41) is 5.45. The van der Waals surface area contributed by atoms with Crippen molar-refractivity contribution in [1.29, 1.82) is 0 Å². The van der Waals surface area contributed by atoms with Crippen LogP contribution in [0.1, 0.15) is 36.0 Å². The van der Waals surface area contributed by atoms with Gasteiger partial charge in [0, 0.05) is 17.3 Å². The van der Waals surface area contributed by atoms with Gasteiger partial charge in [0.1, 0.15) is 0 Å². The van der Waals surface area contributed by atoms with Crippen LogP contribution in [0.2, 0.25) is 0 Å². The zero-order valence-electron chi connectivity index (χ0n) is 12.5. The summed E-state index contributed by atoms with van der Waals surface area (Å²) >= 11 is 3.44. The summed E-state index contributed by atoms with van der Waals surface area (Å²) in [7, 11) is 0. The summed E-state index contributed by atoms with van der Waals surface area (Å²) in [5.41, 5.74) is 0.896. The number of carbonyl (C=O) groups excluding carboxylic acids is 1. The van der Waals surface area contributed by atoms with Crippen LogP contribution in [0.5, 0.6) is 0 Å². The summed E-state index contributed by atoms with van der Waals surface area (Å²) in [6, 6.07) is 18.6. The molecule has 0 radical (unpaired) electrons. The largest absolute Gasteiger partial charge is 0.294 e. The second-order valence-corrected chi connectivity index (χ2v) is 6.41. The first-order valence-electron chi connectivity index (χ1n) is 7.81. The molecule has 0 aliphatic rings. The minimum atomic E-state index is 0.266. The maximum absolute atomic E-state index is 12.8. The van der Waals surface area contributed by atoms with Gasteiger partial charge in [-0.2, -0.15) is 0 Å². The van der Waals surface area contributed by atoms with Gasteiger partial charge in [-0.1, -0.05) is 70.9 Å². The highest BCUT2D eigenvalue weighted by molar-refractivity contribution is 9.09. The van der Waals surface area contributed by atoms with Crippen molar-refractivity contribution in [2.75, 3.05) is 5.33 Å². The Morgan fingerprint density at radius 1 is 0.818 bits per heavy atom. The van der Waals surface area contributed by atoms with Gasteiger partial charge in [0.05, 0.1) is 0 Å². The van der Waals surface area contributed by atoms with E-state index in [4.69, 9.17) is 0 Å². The summed E-state index contributed by atoms with van der Waals surface area (Å²) < 4.78 is 0. The highest BCUT2D eigenvalue weighted by atomic mass is 79.9. The molecule has 0 fully saturated rings. The molecule has 0 saturated carbocycles. The van der Waals surface area contributed by atoms with Crippen molar-refractivity contribution < 1.29 is 4.79 Å². The molecule has 0 N–H and O–H groups in total.